The van der Waals surface area contributed by atoms with E-state index in [1.54, 1.807) is 12.3 Å². The van der Waals surface area contributed by atoms with Gasteiger partial charge in [-0.1, -0.05) is 0 Å². The molecule has 1 aromatic heterocycles. The van der Waals surface area contributed by atoms with Gasteiger partial charge in [-0.25, -0.2) is 4.98 Å². The Labute approximate surface area is 112 Å². The van der Waals surface area contributed by atoms with Gasteiger partial charge >= 0.3 is 0 Å². The number of amides is 1. The minimum absolute atomic E-state index is 0.0551. The average molecular weight is 317 g/mol. The van der Waals surface area contributed by atoms with E-state index in [-0.39, 0.29) is 19.1 Å². The largest absolute Gasteiger partial charge is 0.486 e. The van der Waals surface area contributed by atoms with E-state index >= 15 is 0 Å². The molecule has 0 fully saturated rings. The quantitative estimate of drug-likeness (QED) is 0.779. The molecule has 1 aliphatic heterocycles. The molecule has 0 saturated heterocycles. The van der Waals surface area contributed by atoms with E-state index in [4.69, 9.17) is 4.74 Å². The number of anilines is 1. The number of pyridine rings is 1. The van der Waals surface area contributed by atoms with Crippen LogP contribution in [0.2, 0.25) is 0 Å². The second-order valence-electron chi connectivity index (χ2n) is 4.25. The van der Waals surface area contributed by atoms with Crippen LogP contribution in [0.5, 0.6) is 5.75 Å². The molecule has 2 N–H and O–H groups in total. The first kappa shape index (κ1) is 13.3. The van der Waals surface area contributed by atoms with Crippen molar-refractivity contribution in [1.82, 2.24) is 4.98 Å². The number of hydrogen-bond acceptors (Lipinski definition) is 5. The lowest BCUT2D eigenvalue weighted by Gasteiger charge is -2.27. The van der Waals surface area contributed by atoms with E-state index in [0.29, 0.717) is 16.0 Å². The van der Waals surface area contributed by atoms with E-state index in [1.165, 1.54) is 11.8 Å². The van der Waals surface area contributed by atoms with Crippen molar-refractivity contribution in [3.8, 4) is 5.75 Å². The lowest BCUT2D eigenvalue weighted by molar-refractivity contribution is -0.117. The second-order valence-corrected chi connectivity index (χ2v) is 5.17. The van der Waals surface area contributed by atoms with Crippen LogP contribution in [0.1, 0.15) is 6.92 Å². The average Bonchev–Trinajstić information content (AvgIpc) is 2.48. The number of carbonyl (C=O) groups excluding carboxylic acids is 1. The summed E-state index contributed by atoms with van der Waals surface area (Å²) in [4.78, 5) is 17.0. The maximum Gasteiger partial charge on any atom is 0.225 e. The summed E-state index contributed by atoms with van der Waals surface area (Å²) in [6.45, 7) is 0.724. The SMILES string of the molecule is CC(=O)N1CC(O)(CO)COc2cc(Br)cnc21. The second kappa shape index (κ2) is 4.83. The molecule has 18 heavy (non-hydrogen) atoms. The first-order chi connectivity index (χ1) is 8.45. The first-order valence-electron chi connectivity index (χ1n) is 5.35. The van der Waals surface area contributed by atoms with E-state index in [0.717, 1.165) is 0 Å². The fourth-order valence-corrected chi connectivity index (χ4v) is 2.02. The normalized spacial score (nSPS) is 23.0. The topological polar surface area (TPSA) is 82.9 Å². The Morgan fingerprint density at radius 2 is 2.44 bits per heavy atom. The summed E-state index contributed by atoms with van der Waals surface area (Å²) in [5, 5.41) is 19.3. The van der Waals surface area contributed by atoms with Crippen LogP contribution in [0.4, 0.5) is 5.82 Å². The molecule has 98 valence electrons. The predicted molar refractivity (Wildman–Crippen MR) is 67.5 cm³/mol. The summed E-state index contributed by atoms with van der Waals surface area (Å²) < 4.78 is 6.13. The number of aliphatic hydroxyl groups is 2. The van der Waals surface area contributed by atoms with Crippen LogP contribution >= 0.6 is 15.9 Å². The van der Waals surface area contributed by atoms with Crippen LogP contribution in [0.15, 0.2) is 16.7 Å². The summed E-state index contributed by atoms with van der Waals surface area (Å²) in [6.07, 6.45) is 1.54. The van der Waals surface area contributed by atoms with Crippen molar-refractivity contribution in [3.63, 3.8) is 0 Å². The van der Waals surface area contributed by atoms with Gasteiger partial charge in [-0.2, -0.15) is 0 Å². The third-order valence-electron chi connectivity index (χ3n) is 2.68. The maximum absolute atomic E-state index is 11.6. The fraction of sp³-hybridized carbons (Fsp3) is 0.455. The highest BCUT2D eigenvalue weighted by molar-refractivity contribution is 9.10. The van der Waals surface area contributed by atoms with Crippen molar-refractivity contribution in [2.24, 2.45) is 0 Å². The smallest absolute Gasteiger partial charge is 0.225 e. The maximum atomic E-state index is 11.6. The van der Waals surface area contributed by atoms with Crippen LogP contribution in [-0.2, 0) is 4.79 Å². The zero-order chi connectivity index (χ0) is 13.3. The van der Waals surface area contributed by atoms with Crippen LogP contribution in [0.25, 0.3) is 0 Å². The fourth-order valence-electron chi connectivity index (χ4n) is 1.71. The Morgan fingerprint density at radius 3 is 3.06 bits per heavy atom. The van der Waals surface area contributed by atoms with E-state index in [1.807, 2.05) is 0 Å². The predicted octanol–water partition coefficient (Wildman–Crippen LogP) is 0.313. The molecule has 2 rings (SSSR count). The molecular weight excluding hydrogens is 304 g/mol. The summed E-state index contributed by atoms with van der Waals surface area (Å²) in [6, 6.07) is 1.67. The van der Waals surface area contributed by atoms with Gasteiger partial charge in [0.25, 0.3) is 0 Å². The van der Waals surface area contributed by atoms with Crippen LogP contribution in [0.3, 0.4) is 0 Å². The number of aromatic nitrogens is 1. The van der Waals surface area contributed by atoms with Gasteiger partial charge in [-0.05, 0) is 22.0 Å². The molecule has 0 bridgehead atoms. The Morgan fingerprint density at radius 1 is 1.72 bits per heavy atom. The molecule has 2 heterocycles. The number of rotatable bonds is 1. The standard InChI is InChI=1S/C11H13BrN2O4/c1-7(16)14-4-11(17,5-15)6-18-9-2-8(12)3-13-10(9)14/h2-3,15,17H,4-6H2,1H3. The molecule has 0 saturated carbocycles. The van der Waals surface area contributed by atoms with Crippen molar-refractivity contribution >= 4 is 27.7 Å². The Bertz CT molecular complexity index is 482. The molecule has 1 amide bonds. The molecule has 0 spiro atoms. The zero-order valence-corrected chi connectivity index (χ0v) is 11.3. The third kappa shape index (κ3) is 2.47. The van der Waals surface area contributed by atoms with E-state index < -0.39 is 12.2 Å². The highest BCUT2D eigenvalue weighted by atomic mass is 79.9. The van der Waals surface area contributed by atoms with Crippen molar-refractivity contribution in [1.29, 1.82) is 0 Å². The Kier molecular flexibility index (Phi) is 3.56. The molecule has 1 atom stereocenters. The summed E-state index contributed by atoms with van der Waals surface area (Å²) >= 11 is 3.26. The lowest BCUT2D eigenvalue weighted by atomic mass is 10.1. The number of halogens is 1. The number of carbonyl (C=O) groups is 1. The van der Waals surface area contributed by atoms with Crippen LogP contribution < -0.4 is 9.64 Å². The number of nitrogens with zero attached hydrogens (tertiary/aromatic N) is 2. The van der Waals surface area contributed by atoms with Gasteiger partial charge in [0.15, 0.2) is 11.6 Å². The highest BCUT2D eigenvalue weighted by Gasteiger charge is 2.36. The highest BCUT2D eigenvalue weighted by Crippen LogP contribution is 2.33. The number of β-amino-alcohol motifs (C(OH)–C–C–N with tert-alkyl or cyclic N) is 1. The molecule has 0 aromatic carbocycles. The Balaban J connectivity index is 2.46. The molecule has 0 aliphatic carbocycles. The summed E-state index contributed by atoms with van der Waals surface area (Å²) in [7, 11) is 0. The lowest BCUT2D eigenvalue weighted by Crippen LogP contribution is -2.50. The molecular formula is C11H13BrN2O4. The molecule has 6 nitrogen and oxygen atoms in total. The molecule has 1 unspecified atom stereocenters. The van der Waals surface area contributed by atoms with Gasteiger partial charge in [-0.3, -0.25) is 9.69 Å². The summed E-state index contributed by atoms with van der Waals surface area (Å²) in [5.41, 5.74) is -1.49. The van der Waals surface area contributed by atoms with E-state index in [2.05, 4.69) is 20.9 Å². The van der Waals surface area contributed by atoms with Gasteiger partial charge in [0, 0.05) is 17.6 Å². The van der Waals surface area contributed by atoms with Crippen LogP contribution in [-0.4, -0.2) is 46.5 Å². The van der Waals surface area contributed by atoms with Gasteiger partial charge < -0.3 is 14.9 Å². The van der Waals surface area contributed by atoms with E-state index in [9.17, 15) is 15.0 Å². The zero-order valence-electron chi connectivity index (χ0n) is 9.76. The molecule has 7 heteroatoms. The molecule has 1 aromatic rings. The van der Waals surface area contributed by atoms with Crippen molar-refractivity contribution in [2.75, 3.05) is 24.7 Å². The van der Waals surface area contributed by atoms with Crippen molar-refractivity contribution in [2.45, 2.75) is 12.5 Å². The minimum Gasteiger partial charge on any atom is -0.486 e. The van der Waals surface area contributed by atoms with Crippen molar-refractivity contribution in [3.05, 3.63) is 16.7 Å². The summed E-state index contributed by atoms with van der Waals surface area (Å²) in [5.74, 6) is 0.461. The third-order valence-corrected chi connectivity index (χ3v) is 3.11. The van der Waals surface area contributed by atoms with Gasteiger partial charge in [-0.15, -0.1) is 0 Å². The number of ether oxygens (including phenoxy) is 1. The number of hydrogen-bond donors (Lipinski definition) is 2. The first-order valence-corrected chi connectivity index (χ1v) is 6.14. The minimum atomic E-state index is -1.49. The number of aliphatic hydroxyl groups excluding tert-OH is 1. The molecule has 0 radical (unpaired) electrons. The van der Waals surface area contributed by atoms with Gasteiger partial charge in [0.2, 0.25) is 5.91 Å². The Hall–Kier alpha value is -1.18. The van der Waals surface area contributed by atoms with Gasteiger partial charge in [0.1, 0.15) is 12.2 Å². The van der Waals surface area contributed by atoms with Crippen molar-refractivity contribution < 1.29 is 19.7 Å². The van der Waals surface area contributed by atoms with Gasteiger partial charge in [0.05, 0.1) is 13.2 Å². The number of fused-ring (bicyclic) bond motifs is 1. The molecule has 1 aliphatic rings. The monoisotopic (exact) mass is 316 g/mol. The van der Waals surface area contributed by atoms with Crippen LogP contribution in [0, 0.1) is 0 Å².